The highest BCUT2D eigenvalue weighted by atomic mass is 19.1. The van der Waals surface area contributed by atoms with Gasteiger partial charge < -0.3 is 29.5 Å². The summed E-state index contributed by atoms with van der Waals surface area (Å²) >= 11 is 0. The highest BCUT2D eigenvalue weighted by Crippen LogP contribution is 2.36. The van der Waals surface area contributed by atoms with Crippen LogP contribution in [0.25, 0.3) is 22.3 Å². The molecule has 9 rings (SSSR count). The quantitative estimate of drug-likeness (QED) is 0.160. The maximum absolute atomic E-state index is 15.2. The molecular formula is C49H54F2N12O6. The molecule has 2 aromatic carbocycles. The van der Waals surface area contributed by atoms with E-state index >= 15 is 8.78 Å². The van der Waals surface area contributed by atoms with Crippen molar-refractivity contribution < 1.29 is 37.5 Å². The Morgan fingerprint density at radius 3 is 2.22 bits per heavy atom. The molecule has 20 heteroatoms. The number of imide groups is 2. The molecule has 0 spiro atoms. The number of halogens is 2. The fourth-order valence-electron chi connectivity index (χ4n) is 9.94. The van der Waals surface area contributed by atoms with Crippen molar-refractivity contribution >= 4 is 69.6 Å². The van der Waals surface area contributed by atoms with Crippen LogP contribution in [0.5, 0.6) is 0 Å². The Morgan fingerprint density at radius 2 is 1.54 bits per heavy atom. The number of amides is 6. The van der Waals surface area contributed by atoms with Crippen LogP contribution in [0.2, 0.25) is 0 Å². The van der Waals surface area contributed by atoms with E-state index in [-0.39, 0.29) is 77.4 Å². The Bertz CT molecular complexity index is 2900. The fraction of sp³-hybridized carbons (Fsp3) is 0.429. The summed E-state index contributed by atoms with van der Waals surface area (Å²) in [5.41, 5.74) is 2.17. The standard InChI is InChI=1S/C49H54F2N12O6/c1-28(2)62-29(3)54-44-33(50)22-30(23-37(44)62)43-34(51)27-53-48(57-43)55-38-12-10-31(26-52-38)58-16-19-61(20-17-58)41(66)25-49(4,5)24-40(65)60-15-7-14-59(18-21-60)35-9-6-8-32-42(35)47(69)63(46(32)68)36-11-13-39(64)56-45(36)67/h6,8-10,12,22-23,26-28,36H,7,11,13-21,24-25H2,1-5H3,(H,56,64,67)(H,52,53,55,57). The molecule has 0 bridgehead atoms. The average molecular weight is 945 g/mol. The Balaban J connectivity index is 0.759. The van der Waals surface area contributed by atoms with E-state index in [4.69, 9.17) is 0 Å². The summed E-state index contributed by atoms with van der Waals surface area (Å²) in [4.78, 5) is 105. The lowest BCUT2D eigenvalue weighted by molar-refractivity contribution is -0.138. The normalized spacial score (nSPS) is 18.0. The van der Waals surface area contributed by atoms with Gasteiger partial charge in [-0.15, -0.1) is 0 Å². The molecule has 7 heterocycles. The molecular weight excluding hydrogens is 891 g/mol. The van der Waals surface area contributed by atoms with Gasteiger partial charge in [0.05, 0.1) is 40.4 Å². The maximum Gasteiger partial charge on any atom is 0.264 e. The number of imidazole rings is 1. The molecule has 6 amide bonds. The summed E-state index contributed by atoms with van der Waals surface area (Å²) in [6.45, 7) is 13.5. The molecule has 18 nitrogen and oxygen atoms in total. The van der Waals surface area contributed by atoms with E-state index in [1.807, 2.05) is 48.1 Å². The average Bonchev–Trinajstić information content (AvgIpc) is 3.64. The number of carbonyl (C=O) groups is 6. The van der Waals surface area contributed by atoms with Crippen LogP contribution in [0.15, 0.2) is 54.9 Å². The molecule has 360 valence electrons. The lowest BCUT2D eigenvalue weighted by Crippen LogP contribution is -2.54. The number of piperazine rings is 1. The Labute approximate surface area is 397 Å². The minimum atomic E-state index is -1.06. The number of aromatic nitrogens is 5. The highest BCUT2D eigenvalue weighted by molar-refractivity contribution is 6.25. The number of anilines is 4. The van der Waals surface area contributed by atoms with Gasteiger partial charge in [0.1, 0.15) is 28.9 Å². The van der Waals surface area contributed by atoms with Crippen molar-refractivity contribution in [2.45, 2.75) is 78.8 Å². The SMILES string of the molecule is Cc1nc2c(F)cc(-c3nc(Nc4ccc(N5CCN(C(=O)CC(C)(C)CC(=O)N6CCCN(c7cccc8c7C(=O)N(C7CCC(=O)NC7=O)C8=O)CC6)CC5)cn4)ncc3F)cc2n1C(C)C. The third-order valence-corrected chi connectivity index (χ3v) is 13.3. The topological polar surface area (TPSA) is 199 Å². The van der Waals surface area contributed by atoms with Gasteiger partial charge >= 0.3 is 0 Å². The second kappa shape index (κ2) is 18.6. The summed E-state index contributed by atoms with van der Waals surface area (Å²) in [5, 5.41) is 5.25. The Kier molecular flexibility index (Phi) is 12.6. The number of pyridine rings is 1. The van der Waals surface area contributed by atoms with Crippen molar-refractivity contribution in [3.63, 3.8) is 0 Å². The van der Waals surface area contributed by atoms with Crippen molar-refractivity contribution in [3.8, 4) is 11.3 Å². The number of carbonyl (C=O) groups excluding carboxylic acids is 6. The molecule has 0 aliphatic carbocycles. The van der Waals surface area contributed by atoms with Crippen LogP contribution in [0.4, 0.5) is 31.9 Å². The van der Waals surface area contributed by atoms with Crippen LogP contribution in [0, 0.1) is 24.0 Å². The molecule has 3 saturated heterocycles. The van der Waals surface area contributed by atoms with Crippen LogP contribution in [0.3, 0.4) is 0 Å². The maximum atomic E-state index is 15.2. The first-order valence-electron chi connectivity index (χ1n) is 23.3. The van der Waals surface area contributed by atoms with E-state index in [2.05, 4.69) is 35.5 Å². The third-order valence-electron chi connectivity index (χ3n) is 13.3. The number of hydrogen-bond donors (Lipinski definition) is 2. The highest BCUT2D eigenvalue weighted by Gasteiger charge is 2.46. The molecule has 1 atom stereocenters. The zero-order valence-electron chi connectivity index (χ0n) is 39.2. The van der Waals surface area contributed by atoms with Crippen LogP contribution >= 0.6 is 0 Å². The van der Waals surface area contributed by atoms with Crippen LogP contribution in [-0.2, 0) is 19.2 Å². The molecule has 4 aliphatic heterocycles. The van der Waals surface area contributed by atoms with Crippen molar-refractivity contribution in [2.24, 2.45) is 5.41 Å². The number of aryl methyl sites for hydroxylation is 1. The summed E-state index contributed by atoms with van der Waals surface area (Å²) in [6, 6.07) is 10.5. The van der Waals surface area contributed by atoms with Crippen molar-refractivity contribution in [2.75, 3.05) is 67.5 Å². The molecule has 0 saturated carbocycles. The summed E-state index contributed by atoms with van der Waals surface area (Å²) in [5.74, 6) is -2.46. The second-order valence-electron chi connectivity index (χ2n) is 19.1. The first kappa shape index (κ1) is 46.7. The van der Waals surface area contributed by atoms with Crippen molar-refractivity contribution in [1.29, 1.82) is 0 Å². The van der Waals surface area contributed by atoms with Gasteiger partial charge in [-0.05, 0) is 75.4 Å². The summed E-state index contributed by atoms with van der Waals surface area (Å²) in [7, 11) is 0. The van der Waals surface area contributed by atoms with Crippen molar-refractivity contribution in [1.82, 2.24) is 44.5 Å². The van der Waals surface area contributed by atoms with Gasteiger partial charge in [-0.3, -0.25) is 39.0 Å². The predicted molar refractivity (Wildman–Crippen MR) is 252 cm³/mol. The Hall–Kier alpha value is -7.38. The molecule has 4 aliphatic rings. The molecule has 1 unspecified atom stereocenters. The van der Waals surface area contributed by atoms with E-state index in [0.717, 1.165) is 16.8 Å². The molecule has 0 radical (unpaired) electrons. The molecule has 3 fully saturated rings. The minimum absolute atomic E-state index is 0.00879. The fourth-order valence-corrected chi connectivity index (χ4v) is 9.94. The predicted octanol–water partition coefficient (Wildman–Crippen LogP) is 5.39. The van der Waals surface area contributed by atoms with Gasteiger partial charge in [-0.1, -0.05) is 19.9 Å². The van der Waals surface area contributed by atoms with Crippen LogP contribution in [-0.4, -0.2) is 133 Å². The van der Waals surface area contributed by atoms with Gasteiger partial charge in [0.25, 0.3) is 11.8 Å². The van der Waals surface area contributed by atoms with Gasteiger partial charge in [-0.25, -0.2) is 28.7 Å². The largest absolute Gasteiger partial charge is 0.369 e. The van der Waals surface area contributed by atoms with Crippen LogP contribution in [0.1, 0.15) is 92.4 Å². The third kappa shape index (κ3) is 9.31. The summed E-state index contributed by atoms with van der Waals surface area (Å²) < 4.78 is 32.2. The van der Waals surface area contributed by atoms with E-state index < -0.39 is 46.7 Å². The first-order valence-corrected chi connectivity index (χ1v) is 23.3. The number of nitrogens with one attached hydrogen (secondary N) is 2. The van der Waals surface area contributed by atoms with Gasteiger partial charge in [0.15, 0.2) is 11.6 Å². The lowest BCUT2D eigenvalue weighted by Gasteiger charge is -2.37. The number of hydrogen-bond acceptors (Lipinski definition) is 13. The van der Waals surface area contributed by atoms with Gasteiger partial charge in [0.2, 0.25) is 29.6 Å². The molecule has 5 aromatic rings. The van der Waals surface area contributed by atoms with Gasteiger partial charge in [0, 0.05) is 83.2 Å². The first-order chi connectivity index (χ1) is 33.0. The zero-order valence-corrected chi connectivity index (χ0v) is 39.2. The minimum Gasteiger partial charge on any atom is -0.369 e. The molecule has 69 heavy (non-hydrogen) atoms. The number of nitrogens with zero attached hydrogens (tertiary/aromatic N) is 10. The monoisotopic (exact) mass is 944 g/mol. The molecule has 3 aromatic heterocycles. The van der Waals surface area contributed by atoms with Crippen LogP contribution < -0.4 is 20.4 Å². The molecule has 2 N–H and O–H groups in total. The Morgan fingerprint density at radius 1 is 0.826 bits per heavy atom. The summed E-state index contributed by atoms with van der Waals surface area (Å²) in [6.07, 6.45) is 3.81. The second-order valence-corrected chi connectivity index (χ2v) is 19.1. The smallest absolute Gasteiger partial charge is 0.264 e. The van der Waals surface area contributed by atoms with Gasteiger partial charge in [-0.2, -0.15) is 0 Å². The van der Waals surface area contributed by atoms with Crippen molar-refractivity contribution in [3.05, 3.63) is 83.4 Å². The van der Waals surface area contributed by atoms with E-state index in [1.54, 1.807) is 48.4 Å². The number of benzene rings is 2. The number of fused-ring (bicyclic) bond motifs is 2. The number of piperidine rings is 1. The van der Waals surface area contributed by atoms with E-state index in [0.29, 0.717) is 81.6 Å². The van der Waals surface area contributed by atoms with E-state index in [1.165, 1.54) is 6.07 Å². The zero-order chi connectivity index (χ0) is 48.9. The van der Waals surface area contributed by atoms with E-state index in [9.17, 15) is 28.8 Å². The lowest BCUT2D eigenvalue weighted by atomic mass is 9.84. The number of rotatable bonds is 11.